The van der Waals surface area contributed by atoms with Crippen LogP contribution in [-0.4, -0.2) is 31.6 Å². The third kappa shape index (κ3) is 5.84. The van der Waals surface area contributed by atoms with Crippen LogP contribution in [0, 0.1) is 5.92 Å². The molecule has 1 aromatic carbocycles. The Labute approximate surface area is 103 Å². The van der Waals surface area contributed by atoms with Crippen LogP contribution in [0.5, 0.6) is 0 Å². The van der Waals surface area contributed by atoms with Gasteiger partial charge in [-0.2, -0.15) is 0 Å². The zero-order valence-corrected chi connectivity index (χ0v) is 11.0. The van der Waals surface area contributed by atoms with E-state index < -0.39 is 9.84 Å². The molecule has 4 heteroatoms. The van der Waals surface area contributed by atoms with Crippen molar-refractivity contribution in [2.45, 2.75) is 19.8 Å². The molecule has 0 saturated heterocycles. The maximum atomic E-state index is 11.7. The van der Waals surface area contributed by atoms with Gasteiger partial charge in [0, 0.05) is 6.61 Å². The van der Waals surface area contributed by atoms with Crippen LogP contribution in [0.4, 0.5) is 0 Å². The summed E-state index contributed by atoms with van der Waals surface area (Å²) in [6.45, 7) is 1.67. The summed E-state index contributed by atoms with van der Waals surface area (Å²) in [6, 6.07) is 9.87. The zero-order chi connectivity index (χ0) is 12.7. The fourth-order valence-electron chi connectivity index (χ4n) is 1.71. The van der Waals surface area contributed by atoms with Gasteiger partial charge in [0.25, 0.3) is 0 Å². The van der Waals surface area contributed by atoms with Crippen LogP contribution in [0.25, 0.3) is 0 Å². The molecule has 1 rings (SSSR count). The number of aliphatic hydroxyl groups is 1. The van der Waals surface area contributed by atoms with Crippen molar-refractivity contribution < 1.29 is 13.5 Å². The van der Waals surface area contributed by atoms with E-state index >= 15 is 0 Å². The second kappa shape index (κ2) is 6.77. The maximum absolute atomic E-state index is 11.7. The van der Waals surface area contributed by atoms with Crippen molar-refractivity contribution in [1.82, 2.24) is 0 Å². The lowest BCUT2D eigenvalue weighted by atomic mass is 10.1. The van der Waals surface area contributed by atoms with Crippen LogP contribution < -0.4 is 0 Å². The largest absolute Gasteiger partial charge is 0.396 e. The summed E-state index contributed by atoms with van der Waals surface area (Å²) in [5.74, 6) is 0.113. The predicted molar refractivity (Wildman–Crippen MR) is 69.7 cm³/mol. The molecule has 17 heavy (non-hydrogen) atoms. The third-order valence-corrected chi connectivity index (χ3v) is 4.60. The molecule has 1 N–H and O–H groups in total. The van der Waals surface area contributed by atoms with Gasteiger partial charge in [-0.25, -0.2) is 8.42 Å². The molecule has 1 atom stereocenters. The molecule has 0 aliphatic rings. The van der Waals surface area contributed by atoms with E-state index in [-0.39, 0.29) is 24.0 Å². The molecule has 0 aliphatic heterocycles. The quantitative estimate of drug-likeness (QED) is 0.807. The summed E-state index contributed by atoms with van der Waals surface area (Å²) in [4.78, 5) is 0. The number of hydrogen-bond donors (Lipinski definition) is 1. The summed E-state index contributed by atoms with van der Waals surface area (Å²) >= 11 is 0. The van der Waals surface area contributed by atoms with Gasteiger partial charge in [0.15, 0.2) is 9.84 Å². The van der Waals surface area contributed by atoms with E-state index in [2.05, 4.69) is 0 Å². The van der Waals surface area contributed by atoms with Gasteiger partial charge >= 0.3 is 0 Å². The van der Waals surface area contributed by atoms with E-state index in [0.717, 1.165) is 12.0 Å². The van der Waals surface area contributed by atoms with Crippen LogP contribution in [0.2, 0.25) is 0 Å². The first-order valence-corrected chi connectivity index (χ1v) is 7.71. The number of sulfone groups is 1. The second-order valence-electron chi connectivity index (χ2n) is 4.49. The highest BCUT2D eigenvalue weighted by atomic mass is 32.2. The van der Waals surface area contributed by atoms with E-state index in [0.29, 0.717) is 6.42 Å². The second-order valence-corrected chi connectivity index (χ2v) is 6.72. The molecule has 0 heterocycles. The number of benzene rings is 1. The minimum absolute atomic E-state index is 0.0715. The molecule has 0 fully saturated rings. The van der Waals surface area contributed by atoms with E-state index in [9.17, 15) is 8.42 Å². The Morgan fingerprint density at radius 1 is 1.24 bits per heavy atom. The summed E-state index contributed by atoms with van der Waals surface area (Å²) in [6.07, 6.45) is 1.43. The molecule has 0 radical (unpaired) electrons. The molecule has 0 aliphatic carbocycles. The molecule has 0 aromatic heterocycles. The summed E-state index contributed by atoms with van der Waals surface area (Å²) in [5, 5.41) is 8.84. The zero-order valence-electron chi connectivity index (χ0n) is 10.2. The number of rotatable bonds is 7. The first kappa shape index (κ1) is 14.2. The average Bonchev–Trinajstić information content (AvgIpc) is 2.29. The lowest BCUT2D eigenvalue weighted by Crippen LogP contribution is -2.19. The molecule has 0 saturated carbocycles. The number of aliphatic hydroxyl groups excluding tert-OH is 1. The lowest BCUT2D eigenvalue weighted by molar-refractivity contribution is 0.249. The van der Waals surface area contributed by atoms with Gasteiger partial charge in [-0.05, 0) is 24.3 Å². The number of aryl methyl sites for hydroxylation is 1. The fraction of sp³-hybridized carbons (Fsp3) is 0.538. The van der Waals surface area contributed by atoms with Crippen molar-refractivity contribution in [3.05, 3.63) is 35.9 Å². The van der Waals surface area contributed by atoms with Crippen molar-refractivity contribution >= 4 is 9.84 Å². The van der Waals surface area contributed by atoms with Gasteiger partial charge in [-0.1, -0.05) is 37.3 Å². The molecule has 0 spiro atoms. The summed E-state index contributed by atoms with van der Waals surface area (Å²) < 4.78 is 23.4. The third-order valence-electron chi connectivity index (χ3n) is 2.61. The minimum atomic E-state index is -3.02. The smallest absolute Gasteiger partial charge is 0.150 e. The molecule has 0 unspecified atom stereocenters. The predicted octanol–water partition coefficient (Wildman–Crippen LogP) is 1.66. The van der Waals surface area contributed by atoms with E-state index in [1.807, 2.05) is 30.3 Å². The normalized spacial score (nSPS) is 13.5. The topological polar surface area (TPSA) is 54.4 Å². The van der Waals surface area contributed by atoms with Crippen LogP contribution in [0.15, 0.2) is 30.3 Å². The Kier molecular flexibility index (Phi) is 5.65. The average molecular weight is 256 g/mol. The lowest BCUT2D eigenvalue weighted by Gasteiger charge is -2.08. The molecular formula is C13H20O3S. The highest BCUT2D eigenvalue weighted by Gasteiger charge is 2.14. The van der Waals surface area contributed by atoms with Crippen molar-refractivity contribution in [1.29, 1.82) is 0 Å². The molecule has 3 nitrogen and oxygen atoms in total. The maximum Gasteiger partial charge on any atom is 0.150 e. The summed E-state index contributed by atoms with van der Waals surface area (Å²) in [7, 11) is -3.02. The van der Waals surface area contributed by atoms with Crippen LogP contribution in [0.3, 0.4) is 0 Å². The standard InChI is InChI=1S/C13H20O3S/c1-12(10-14)11-17(15,16)9-5-8-13-6-3-2-4-7-13/h2-4,6-7,12,14H,5,8-11H2,1H3/t12-/m1/s1. The Morgan fingerprint density at radius 3 is 2.47 bits per heavy atom. The van der Waals surface area contributed by atoms with Gasteiger partial charge in [0.05, 0.1) is 11.5 Å². The van der Waals surface area contributed by atoms with Crippen LogP contribution in [0.1, 0.15) is 18.9 Å². The Morgan fingerprint density at radius 2 is 1.88 bits per heavy atom. The Bertz CT molecular complexity index is 412. The molecule has 0 amide bonds. The Balaban J connectivity index is 2.36. The fourth-order valence-corrected chi connectivity index (χ4v) is 3.43. The Hall–Kier alpha value is -0.870. The monoisotopic (exact) mass is 256 g/mol. The van der Waals surface area contributed by atoms with E-state index in [4.69, 9.17) is 5.11 Å². The number of hydrogen-bond acceptors (Lipinski definition) is 3. The molecule has 96 valence electrons. The van der Waals surface area contributed by atoms with Crippen molar-refractivity contribution in [2.75, 3.05) is 18.1 Å². The first-order valence-electron chi connectivity index (χ1n) is 5.88. The first-order chi connectivity index (χ1) is 8.03. The molecule has 0 bridgehead atoms. The summed E-state index contributed by atoms with van der Waals surface area (Å²) in [5.41, 5.74) is 1.16. The highest BCUT2D eigenvalue weighted by molar-refractivity contribution is 7.91. The minimum Gasteiger partial charge on any atom is -0.396 e. The van der Waals surface area contributed by atoms with Gasteiger partial charge in [-0.15, -0.1) is 0 Å². The van der Waals surface area contributed by atoms with Gasteiger partial charge in [-0.3, -0.25) is 0 Å². The molecule has 1 aromatic rings. The van der Waals surface area contributed by atoms with Crippen molar-refractivity contribution in [3.8, 4) is 0 Å². The molecular weight excluding hydrogens is 236 g/mol. The van der Waals surface area contributed by atoms with Crippen molar-refractivity contribution in [2.24, 2.45) is 5.92 Å². The van der Waals surface area contributed by atoms with Crippen LogP contribution >= 0.6 is 0 Å². The van der Waals surface area contributed by atoms with Gasteiger partial charge in [0.2, 0.25) is 0 Å². The SMILES string of the molecule is C[C@H](CO)CS(=O)(=O)CCCc1ccccc1. The van der Waals surface area contributed by atoms with E-state index in [1.54, 1.807) is 6.92 Å². The van der Waals surface area contributed by atoms with Crippen LogP contribution in [-0.2, 0) is 16.3 Å². The van der Waals surface area contributed by atoms with Gasteiger partial charge in [0.1, 0.15) is 0 Å². The van der Waals surface area contributed by atoms with E-state index in [1.165, 1.54) is 0 Å². The van der Waals surface area contributed by atoms with Crippen molar-refractivity contribution in [3.63, 3.8) is 0 Å². The highest BCUT2D eigenvalue weighted by Crippen LogP contribution is 2.07. The van der Waals surface area contributed by atoms with Gasteiger partial charge < -0.3 is 5.11 Å².